The minimum absolute atomic E-state index is 0.152. The normalized spacial score (nSPS) is 21.6. The Bertz CT molecular complexity index is 284. The largest absolute Gasteiger partial charge is 0.207 e. The van der Waals surface area contributed by atoms with Crippen LogP contribution < -0.4 is 0 Å². The summed E-state index contributed by atoms with van der Waals surface area (Å²) in [4.78, 5) is 0. The van der Waals surface area contributed by atoms with Crippen LogP contribution in [0.3, 0.4) is 0 Å². The molecular formula is C11H11F. The number of hydrogen-bond donors (Lipinski definition) is 0. The van der Waals surface area contributed by atoms with E-state index >= 15 is 0 Å². The van der Waals surface area contributed by atoms with Crippen LogP contribution in [0.4, 0.5) is 4.39 Å². The van der Waals surface area contributed by atoms with Gasteiger partial charge in [-0.05, 0) is 30.5 Å². The maximum absolute atomic E-state index is 12.6. The molecule has 62 valence electrons. The molecule has 0 heterocycles. The first kappa shape index (κ1) is 7.53. The third-order valence-electron chi connectivity index (χ3n) is 2.31. The summed E-state index contributed by atoms with van der Waals surface area (Å²) >= 11 is 0. The minimum atomic E-state index is -0.152. The predicted octanol–water partition coefficient (Wildman–Crippen LogP) is 3.26. The van der Waals surface area contributed by atoms with E-state index in [2.05, 4.69) is 12.2 Å². The van der Waals surface area contributed by atoms with Crippen molar-refractivity contribution in [3.63, 3.8) is 0 Å². The predicted molar refractivity (Wildman–Crippen MR) is 47.5 cm³/mol. The lowest BCUT2D eigenvalue weighted by Crippen LogP contribution is -1.90. The summed E-state index contributed by atoms with van der Waals surface area (Å²) in [5.41, 5.74) is 1.23. The third-order valence-corrected chi connectivity index (χ3v) is 2.31. The second-order valence-corrected chi connectivity index (χ2v) is 3.16. The van der Waals surface area contributed by atoms with Crippen molar-refractivity contribution >= 4 is 0 Å². The van der Waals surface area contributed by atoms with Gasteiger partial charge in [0.15, 0.2) is 0 Å². The quantitative estimate of drug-likeness (QED) is 0.556. The first-order valence-corrected chi connectivity index (χ1v) is 4.28. The van der Waals surface area contributed by atoms with E-state index in [4.69, 9.17) is 0 Å². The minimum Gasteiger partial charge on any atom is -0.207 e. The van der Waals surface area contributed by atoms with Gasteiger partial charge in [0.2, 0.25) is 0 Å². The van der Waals surface area contributed by atoms with Crippen LogP contribution in [0.15, 0.2) is 36.4 Å². The zero-order valence-electron chi connectivity index (χ0n) is 6.83. The van der Waals surface area contributed by atoms with E-state index < -0.39 is 0 Å². The number of hydrogen-bond acceptors (Lipinski definition) is 0. The van der Waals surface area contributed by atoms with Crippen molar-refractivity contribution in [1.29, 1.82) is 0 Å². The molecule has 2 rings (SSSR count). The van der Waals surface area contributed by atoms with Gasteiger partial charge < -0.3 is 0 Å². The lowest BCUT2D eigenvalue weighted by Gasteiger charge is -2.06. The molecule has 1 aliphatic carbocycles. The average Bonchev–Trinajstić information content (AvgIpc) is 2.58. The monoisotopic (exact) mass is 162 g/mol. The van der Waals surface area contributed by atoms with Gasteiger partial charge in [0.05, 0.1) is 0 Å². The highest BCUT2D eigenvalue weighted by atomic mass is 19.1. The second-order valence-electron chi connectivity index (χ2n) is 3.16. The van der Waals surface area contributed by atoms with Gasteiger partial charge in [0.25, 0.3) is 0 Å². The van der Waals surface area contributed by atoms with Crippen LogP contribution in [0, 0.1) is 5.82 Å². The molecule has 12 heavy (non-hydrogen) atoms. The van der Waals surface area contributed by atoms with Crippen LogP contribution in [-0.2, 0) is 0 Å². The summed E-state index contributed by atoms with van der Waals surface area (Å²) in [5, 5.41) is 0. The van der Waals surface area contributed by atoms with Gasteiger partial charge >= 0.3 is 0 Å². The molecule has 1 aliphatic rings. The lowest BCUT2D eigenvalue weighted by molar-refractivity contribution is 0.626. The molecule has 0 spiro atoms. The van der Waals surface area contributed by atoms with Crippen molar-refractivity contribution in [2.75, 3.05) is 0 Å². The molecule has 0 amide bonds. The third kappa shape index (κ3) is 1.40. The van der Waals surface area contributed by atoms with E-state index in [0.717, 1.165) is 6.42 Å². The summed E-state index contributed by atoms with van der Waals surface area (Å²) in [6.45, 7) is 0. The van der Waals surface area contributed by atoms with Crippen LogP contribution >= 0.6 is 0 Å². The Balaban J connectivity index is 2.23. The van der Waals surface area contributed by atoms with Crippen molar-refractivity contribution in [3.05, 3.63) is 47.8 Å². The van der Waals surface area contributed by atoms with E-state index in [-0.39, 0.29) is 5.82 Å². The molecule has 1 unspecified atom stereocenters. The molecule has 0 aliphatic heterocycles. The van der Waals surface area contributed by atoms with Crippen molar-refractivity contribution in [2.45, 2.75) is 18.8 Å². The van der Waals surface area contributed by atoms with E-state index in [0.29, 0.717) is 5.92 Å². The number of benzene rings is 1. The summed E-state index contributed by atoms with van der Waals surface area (Å²) in [6.07, 6.45) is 6.72. The van der Waals surface area contributed by atoms with Gasteiger partial charge in [-0.1, -0.05) is 24.3 Å². The van der Waals surface area contributed by atoms with E-state index in [1.54, 1.807) is 0 Å². The smallest absolute Gasteiger partial charge is 0.123 e. The highest BCUT2D eigenvalue weighted by Crippen LogP contribution is 2.27. The van der Waals surface area contributed by atoms with Gasteiger partial charge in [-0.15, -0.1) is 0 Å². The molecule has 1 aromatic rings. The van der Waals surface area contributed by atoms with Crippen molar-refractivity contribution < 1.29 is 4.39 Å². The molecule has 0 fully saturated rings. The molecule has 0 saturated heterocycles. The Kier molecular flexibility index (Phi) is 1.94. The van der Waals surface area contributed by atoms with Crippen LogP contribution in [0.2, 0.25) is 0 Å². The zero-order valence-corrected chi connectivity index (χ0v) is 6.83. The van der Waals surface area contributed by atoms with Crippen molar-refractivity contribution in [1.82, 2.24) is 0 Å². The van der Waals surface area contributed by atoms with E-state index in [9.17, 15) is 4.39 Å². The maximum Gasteiger partial charge on any atom is 0.123 e. The van der Waals surface area contributed by atoms with Gasteiger partial charge in [-0.25, -0.2) is 4.39 Å². The first-order chi connectivity index (χ1) is 5.86. The van der Waals surface area contributed by atoms with Crippen LogP contribution in [-0.4, -0.2) is 0 Å². The van der Waals surface area contributed by atoms with E-state index in [1.807, 2.05) is 12.1 Å². The SMILES string of the molecule is Fc1ccc(C2C=CCC2)cc1. The Hall–Kier alpha value is -1.11. The second kappa shape index (κ2) is 3.10. The van der Waals surface area contributed by atoms with Crippen LogP contribution in [0.5, 0.6) is 0 Å². The summed E-state index contributed by atoms with van der Waals surface area (Å²) in [5.74, 6) is 0.367. The molecule has 0 radical (unpaired) electrons. The van der Waals surface area contributed by atoms with Gasteiger partial charge in [-0.3, -0.25) is 0 Å². The number of allylic oxidation sites excluding steroid dienone is 2. The number of rotatable bonds is 1. The fraction of sp³-hybridized carbons (Fsp3) is 0.273. The first-order valence-electron chi connectivity index (χ1n) is 4.28. The Labute approximate surface area is 71.7 Å². The van der Waals surface area contributed by atoms with Gasteiger partial charge in [0.1, 0.15) is 5.82 Å². The topological polar surface area (TPSA) is 0 Å². The molecule has 0 nitrogen and oxygen atoms in total. The summed E-state index contributed by atoms with van der Waals surface area (Å²) in [6, 6.07) is 6.80. The molecule has 1 atom stereocenters. The molecule has 0 bridgehead atoms. The Morgan fingerprint density at radius 2 is 1.92 bits per heavy atom. The van der Waals surface area contributed by atoms with Gasteiger partial charge in [0, 0.05) is 5.92 Å². The van der Waals surface area contributed by atoms with Crippen molar-refractivity contribution in [2.24, 2.45) is 0 Å². The molecule has 0 N–H and O–H groups in total. The maximum atomic E-state index is 12.6. The standard InChI is InChI=1S/C11H11F/c12-11-7-5-10(6-8-11)9-3-1-2-4-9/h1,3,5-9H,2,4H2. The Morgan fingerprint density at radius 1 is 1.17 bits per heavy atom. The Morgan fingerprint density at radius 3 is 2.50 bits per heavy atom. The highest BCUT2D eigenvalue weighted by Gasteiger charge is 2.10. The molecule has 1 aromatic carbocycles. The molecule has 1 heteroatoms. The summed E-state index contributed by atoms with van der Waals surface area (Å²) in [7, 11) is 0. The average molecular weight is 162 g/mol. The number of halogens is 1. The highest BCUT2D eigenvalue weighted by molar-refractivity contribution is 5.26. The van der Waals surface area contributed by atoms with Crippen LogP contribution in [0.25, 0.3) is 0 Å². The van der Waals surface area contributed by atoms with Gasteiger partial charge in [-0.2, -0.15) is 0 Å². The fourth-order valence-electron chi connectivity index (χ4n) is 1.62. The molecular weight excluding hydrogens is 151 g/mol. The molecule has 0 aromatic heterocycles. The fourth-order valence-corrected chi connectivity index (χ4v) is 1.62. The van der Waals surface area contributed by atoms with Crippen molar-refractivity contribution in [3.8, 4) is 0 Å². The summed E-state index contributed by atoms with van der Waals surface area (Å²) < 4.78 is 12.6. The lowest BCUT2D eigenvalue weighted by atomic mass is 9.99. The zero-order chi connectivity index (χ0) is 8.39. The van der Waals surface area contributed by atoms with E-state index in [1.165, 1.54) is 24.1 Å². The van der Waals surface area contributed by atoms with Crippen LogP contribution in [0.1, 0.15) is 24.3 Å². The molecule has 0 saturated carbocycles.